The number of unbranched alkanes of at least 4 members (excludes halogenated alkanes) is 1. The normalized spacial score (nSPS) is 44.2. The monoisotopic (exact) mass is 500 g/mol. The summed E-state index contributed by atoms with van der Waals surface area (Å²) in [5.74, 6) is 3.69. The fraction of sp³-hybridized carbons (Fsp3) is 0.879. The first-order chi connectivity index (χ1) is 17.0. The molecule has 0 aliphatic heterocycles. The van der Waals surface area contributed by atoms with Crippen molar-refractivity contribution in [1.29, 1.82) is 0 Å². The molecule has 0 saturated heterocycles. The van der Waals surface area contributed by atoms with E-state index in [1.165, 1.54) is 25.7 Å². The SMILES string of the molecule is CCCCO[C@@H]1C=C2[C@@H]3CC[C@H]([C@H](C)C=C[C@@H](CC)C(C)C)[C@@]3(C)CC[C@@H]2[C@@]2(C)CC[C@H](O)C[C@]12O. The molecule has 0 amide bonds. The topological polar surface area (TPSA) is 49.7 Å². The van der Waals surface area contributed by atoms with Crippen molar-refractivity contribution < 1.29 is 14.9 Å². The molecule has 4 aliphatic rings. The highest BCUT2D eigenvalue weighted by Gasteiger charge is 2.65. The van der Waals surface area contributed by atoms with E-state index in [2.05, 4.69) is 66.7 Å². The molecule has 3 nitrogen and oxygen atoms in total. The van der Waals surface area contributed by atoms with Crippen LogP contribution in [-0.2, 0) is 4.74 Å². The first-order valence-corrected chi connectivity index (χ1v) is 15.4. The number of rotatable bonds is 9. The van der Waals surface area contributed by atoms with Crippen molar-refractivity contribution in [2.24, 2.45) is 46.3 Å². The predicted octanol–water partition coefficient (Wildman–Crippen LogP) is 7.71. The van der Waals surface area contributed by atoms with Crippen LogP contribution in [0.3, 0.4) is 0 Å². The molecule has 206 valence electrons. The first kappa shape index (κ1) is 28.4. The van der Waals surface area contributed by atoms with Crippen LogP contribution in [0.5, 0.6) is 0 Å². The van der Waals surface area contributed by atoms with Crippen LogP contribution in [0.15, 0.2) is 23.8 Å². The zero-order valence-corrected chi connectivity index (χ0v) is 24.4. The Morgan fingerprint density at radius 1 is 1.03 bits per heavy atom. The average molecular weight is 501 g/mol. The molecule has 0 unspecified atom stereocenters. The lowest BCUT2D eigenvalue weighted by atomic mass is 9.45. The quantitative estimate of drug-likeness (QED) is 0.252. The van der Waals surface area contributed by atoms with Crippen LogP contribution in [0.2, 0.25) is 0 Å². The summed E-state index contributed by atoms with van der Waals surface area (Å²) in [7, 11) is 0. The molecule has 0 spiro atoms. The van der Waals surface area contributed by atoms with Crippen molar-refractivity contribution in [2.75, 3.05) is 6.61 Å². The summed E-state index contributed by atoms with van der Waals surface area (Å²) in [6.07, 6.45) is 17.1. The highest BCUT2D eigenvalue weighted by atomic mass is 16.5. The third-order valence-electron chi connectivity index (χ3n) is 11.7. The minimum absolute atomic E-state index is 0.219. The van der Waals surface area contributed by atoms with Gasteiger partial charge in [-0.05, 0) is 92.3 Å². The Morgan fingerprint density at radius 2 is 1.78 bits per heavy atom. The summed E-state index contributed by atoms with van der Waals surface area (Å²) in [5, 5.41) is 22.8. The lowest BCUT2D eigenvalue weighted by Gasteiger charge is -2.62. The number of hydrogen-bond acceptors (Lipinski definition) is 3. The Morgan fingerprint density at radius 3 is 2.44 bits per heavy atom. The second-order valence-electron chi connectivity index (χ2n) is 13.9. The first-order valence-electron chi connectivity index (χ1n) is 15.4. The van der Waals surface area contributed by atoms with E-state index in [9.17, 15) is 10.2 Å². The van der Waals surface area contributed by atoms with Crippen LogP contribution in [0.4, 0.5) is 0 Å². The molecule has 0 aromatic heterocycles. The molecule has 10 atom stereocenters. The number of allylic oxidation sites excluding steroid dienone is 3. The molecular formula is C33H56O3. The lowest BCUT2D eigenvalue weighted by molar-refractivity contribution is -0.221. The Bertz CT molecular complexity index is 816. The summed E-state index contributed by atoms with van der Waals surface area (Å²) >= 11 is 0. The van der Waals surface area contributed by atoms with Gasteiger partial charge in [-0.25, -0.2) is 0 Å². The van der Waals surface area contributed by atoms with Crippen LogP contribution in [0, 0.1) is 46.3 Å². The van der Waals surface area contributed by atoms with Gasteiger partial charge >= 0.3 is 0 Å². The van der Waals surface area contributed by atoms with Gasteiger partial charge in [-0.1, -0.05) is 78.7 Å². The summed E-state index contributed by atoms with van der Waals surface area (Å²) in [6, 6.07) is 0. The molecule has 0 bridgehead atoms. The number of fused-ring (bicyclic) bond motifs is 5. The second-order valence-corrected chi connectivity index (χ2v) is 13.9. The van der Waals surface area contributed by atoms with Crippen molar-refractivity contribution in [1.82, 2.24) is 0 Å². The van der Waals surface area contributed by atoms with Gasteiger partial charge in [-0.15, -0.1) is 0 Å². The van der Waals surface area contributed by atoms with Crippen LogP contribution < -0.4 is 0 Å². The van der Waals surface area contributed by atoms with Crippen molar-refractivity contribution in [3.8, 4) is 0 Å². The van der Waals surface area contributed by atoms with Crippen LogP contribution in [0.25, 0.3) is 0 Å². The molecule has 3 heteroatoms. The molecular weight excluding hydrogens is 444 g/mol. The Hall–Kier alpha value is -0.640. The zero-order chi connectivity index (χ0) is 26.3. The van der Waals surface area contributed by atoms with E-state index in [0.29, 0.717) is 54.0 Å². The molecule has 0 aromatic carbocycles. The molecule has 3 fully saturated rings. The molecule has 0 heterocycles. The Labute approximate surface area is 222 Å². The smallest absolute Gasteiger partial charge is 0.105 e. The number of ether oxygens (including phenoxy) is 1. The van der Waals surface area contributed by atoms with Gasteiger partial charge in [0.1, 0.15) is 11.7 Å². The van der Waals surface area contributed by atoms with Gasteiger partial charge in [-0.3, -0.25) is 0 Å². The second kappa shape index (κ2) is 10.9. The van der Waals surface area contributed by atoms with E-state index < -0.39 is 11.7 Å². The van der Waals surface area contributed by atoms with Gasteiger partial charge in [-0.2, -0.15) is 0 Å². The molecule has 0 radical (unpaired) electrons. The third-order valence-corrected chi connectivity index (χ3v) is 11.7. The molecule has 3 saturated carbocycles. The Kier molecular flexibility index (Phi) is 8.55. The number of aliphatic hydroxyl groups excluding tert-OH is 1. The van der Waals surface area contributed by atoms with Gasteiger partial charge in [0.2, 0.25) is 0 Å². The highest BCUT2D eigenvalue weighted by molar-refractivity contribution is 5.33. The lowest BCUT2D eigenvalue weighted by Crippen LogP contribution is -2.66. The van der Waals surface area contributed by atoms with E-state index in [1.807, 2.05) is 0 Å². The standard InChI is InChI=1S/C33H56O3/c1-8-10-19-36-30-20-26-28-14-13-27(23(5)11-12-24(9-2)22(3)4)31(28,6)17-16-29(26)32(7)18-15-25(34)21-33(30,32)35/h11-12,20,22-25,27-30,34-35H,8-10,13-19,21H2,1-7H3/t23-,24-,25+,27-,28+,29+,30-,31-,32-,33+/m1/s1. The maximum Gasteiger partial charge on any atom is 0.105 e. The maximum atomic E-state index is 12.2. The van der Waals surface area contributed by atoms with Crippen molar-refractivity contribution in [2.45, 2.75) is 130 Å². The van der Waals surface area contributed by atoms with Crippen LogP contribution in [-0.4, -0.2) is 34.6 Å². The molecule has 2 N–H and O–H groups in total. The van der Waals surface area contributed by atoms with Crippen LogP contribution in [0.1, 0.15) is 113 Å². The summed E-state index contributed by atoms with van der Waals surface area (Å²) in [4.78, 5) is 0. The van der Waals surface area contributed by atoms with Gasteiger partial charge in [0, 0.05) is 18.4 Å². The zero-order valence-electron chi connectivity index (χ0n) is 24.4. The van der Waals surface area contributed by atoms with Crippen molar-refractivity contribution in [3.05, 3.63) is 23.8 Å². The summed E-state index contributed by atoms with van der Waals surface area (Å²) in [6.45, 7) is 17.2. The molecule has 0 aromatic rings. The Balaban J connectivity index is 1.63. The minimum Gasteiger partial charge on any atom is -0.393 e. The van der Waals surface area contributed by atoms with E-state index in [4.69, 9.17) is 4.74 Å². The molecule has 36 heavy (non-hydrogen) atoms. The highest BCUT2D eigenvalue weighted by Crippen LogP contribution is 2.67. The fourth-order valence-corrected chi connectivity index (χ4v) is 9.25. The van der Waals surface area contributed by atoms with E-state index in [1.54, 1.807) is 5.57 Å². The van der Waals surface area contributed by atoms with Gasteiger partial charge in [0.25, 0.3) is 0 Å². The molecule has 4 aliphatic carbocycles. The third kappa shape index (κ3) is 4.68. The van der Waals surface area contributed by atoms with E-state index >= 15 is 0 Å². The van der Waals surface area contributed by atoms with Crippen LogP contribution >= 0.6 is 0 Å². The summed E-state index contributed by atoms with van der Waals surface area (Å²) in [5.41, 5.74) is 0.727. The average Bonchev–Trinajstić information content (AvgIpc) is 3.18. The van der Waals surface area contributed by atoms with Gasteiger partial charge in [0.15, 0.2) is 0 Å². The van der Waals surface area contributed by atoms with E-state index in [0.717, 1.165) is 32.1 Å². The fourth-order valence-electron chi connectivity index (χ4n) is 9.25. The van der Waals surface area contributed by atoms with Crippen molar-refractivity contribution in [3.63, 3.8) is 0 Å². The van der Waals surface area contributed by atoms with E-state index in [-0.39, 0.29) is 11.5 Å². The maximum absolute atomic E-state index is 12.2. The van der Waals surface area contributed by atoms with Crippen molar-refractivity contribution >= 4 is 0 Å². The van der Waals surface area contributed by atoms with Gasteiger partial charge in [0.05, 0.1) is 6.10 Å². The minimum atomic E-state index is -0.972. The summed E-state index contributed by atoms with van der Waals surface area (Å²) < 4.78 is 6.47. The predicted molar refractivity (Wildman–Crippen MR) is 150 cm³/mol. The van der Waals surface area contributed by atoms with Gasteiger partial charge < -0.3 is 14.9 Å². The number of aliphatic hydroxyl groups is 2. The molecule has 4 rings (SSSR count). The number of hydrogen-bond donors (Lipinski definition) is 2. The largest absolute Gasteiger partial charge is 0.393 e.